The van der Waals surface area contributed by atoms with Gasteiger partial charge in [-0.3, -0.25) is 18.9 Å². The predicted molar refractivity (Wildman–Crippen MR) is 117 cm³/mol. The van der Waals surface area contributed by atoms with Crippen molar-refractivity contribution < 1.29 is 38.2 Å². The second-order valence-corrected chi connectivity index (χ2v) is 8.98. The van der Waals surface area contributed by atoms with Crippen LogP contribution < -0.4 is 20.7 Å². The minimum atomic E-state index is -4.76. The molecule has 1 aromatic carbocycles. The molecule has 4 N–H and O–H groups in total. The van der Waals surface area contributed by atoms with Gasteiger partial charge in [0.05, 0.1) is 32.5 Å². The van der Waals surface area contributed by atoms with Gasteiger partial charge >= 0.3 is 13.5 Å². The van der Waals surface area contributed by atoms with Crippen molar-refractivity contribution in [2.45, 2.75) is 45.6 Å². The minimum Gasteiger partial charge on any atom is -0.496 e. The maximum absolute atomic E-state index is 12.8. The molecule has 1 aliphatic heterocycles. The Morgan fingerprint density at radius 1 is 1.12 bits per heavy atom. The molecule has 3 rings (SSSR count). The normalized spacial score (nSPS) is 20.8. The Hall–Kier alpha value is -2.47. The van der Waals surface area contributed by atoms with Crippen molar-refractivity contribution in [2.24, 2.45) is 0 Å². The average Bonchev–Trinajstić information content (AvgIpc) is 3.10. The molecule has 1 saturated heterocycles. The Morgan fingerprint density at radius 3 is 2.30 bits per heavy atom. The van der Waals surface area contributed by atoms with E-state index in [0.29, 0.717) is 22.6 Å². The van der Waals surface area contributed by atoms with E-state index in [1.807, 2.05) is 13.8 Å². The first-order chi connectivity index (χ1) is 15.4. The monoisotopic (exact) mass is 486 g/mol. The first kappa shape index (κ1) is 25.2. The quantitative estimate of drug-likeness (QED) is 0.413. The third kappa shape index (κ3) is 4.91. The van der Waals surface area contributed by atoms with Crippen LogP contribution in [0.1, 0.15) is 29.3 Å². The van der Waals surface area contributed by atoms with Gasteiger partial charge in [0.15, 0.2) is 0 Å². The summed E-state index contributed by atoms with van der Waals surface area (Å²) in [6, 6.07) is 0. The van der Waals surface area contributed by atoms with E-state index in [9.17, 15) is 19.3 Å². The number of ether oxygens (including phenoxy) is 3. The standard InChI is InChI=1S/C20H27N2O10P/c1-9-10(2)18(30-5)16(11(3)17(9)29-4)12-7-22(20(25)21-19(12)24)15-6-13(23)14(32-15)8-31-33(26,27)28/h7,13-15,23H,6,8H2,1-5H3,(H,21,24,25)(H2,26,27,28). The topological polar surface area (TPSA) is 170 Å². The number of benzene rings is 1. The molecule has 2 heterocycles. The number of H-pyrrole nitrogens is 1. The molecule has 1 aliphatic rings. The van der Waals surface area contributed by atoms with Crippen molar-refractivity contribution >= 4 is 7.82 Å². The van der Waals surface area contributed by atoms with E-state index in [1.165, 1.54) is 20.4 Å². The van der Waals surface area contributed by atoms with Gasteiger partial charge in [0.25, 0.3) is 5.56 Å². The second-order valence-electron chi connectivity index (χ2n) is 7.74. The first-order valence-electron chi connectivity index (χ1n) is 10.0. The highest BCUT2D eigenvalue weighted by Crippen LogP contribution is 2.43. The minimum absolute atomic E-state index is 0.0626. The molecule has 33 heavy (non-hydrogen) atoms. The highest BCUT2D eigenvalue weighted by molar-refractivity contribution is 7.46. The van der Waals surface area contributed by atoms with Gasteiger partial charge in [0, 0.05) is 23.7 Å². The maximum Gasteiger partial charge on any atom is 0.469 e. The van der Waals surface area contributed by atoms with Crippen molar-refractivity contribution in [3.63, 3.8) is 0 Å². The van der Waals surface area contributed by atoms with Crippen LogP contribution in [0.3, 0.4) is 0 Å². The smallest absolute Gasteiger partial charge is 0.469 e. The molecule has 3 atom stereocenters. The van der Waals surface area contributed by atoms with E-state index in [2.05, 4.69) is 9.51 Å². The molecule has 182 valence electrons. The van der Waals surface area contributed by atoms with Crippen LogP contribution in [-0.4, -0.2) is 57.5 Å². The van der Waals surface area contributed by atoms with Gasteiger partial charge in [-0.05, 0) is 31.9 Å². The lowest BCUT2D eigenvalue weighted by Gasteiger charge is -2.21. The number of hydrogen-bond acceptors (Lipinski definition) is 8. The molecule has 2 aromatic rings. The SMILES string of the molecule is COc1c(C)c(C)c(OC)c(-c2cn(C3CC(O)C(COP(=O)(O)O)O3)c(=O)[nH]c2=O)c1C. The van der Waals surface area contributed by atoms with Gasteiger partial charge in [-0.1, -0.05) is 0 Å². The highest BCUT2D eigenvalue weighted by atomic mass is 31.2. The fourth-order valence-electron chi connectivity index (χ4n) is 4.06. The number of rotatable bonds is 7. The first-order valence-corrected chi connectivity index (χ1v) is 11.5. The molecular weight excluding hydrogens is 459 g/mol. The van der Waals surface area contributed by atoms with Crippen molar-refractivity contribution in [1.29, 1.82) is 0 Å². The molecule has 13 heteroatoms. The van der Waals surface area contributed by atoms with Gasteiger partial charge in [-0.2, -0.15) is 0 Å². The number of hydrogen-bond donors (Lipinski definition) is 4. The molecule has 1 fully saturated rings. The molecule has 1 aromatic heterocycles. The number of methoxy groups -OCH3 is 2. The van der Waals surface area contributed by atoms with Crippen LogP contribution in [0, 0.1) is 20.8 Å². The van der Waals surface area contributed by atoms with Crippen LogP contribution in [0.25, 0.3) is 11.1 Å². The van der Waals surface area contributed by atoms with Gasteiger partial charge < -0.3 is 29.1 Å². The van der Waals surface area contributed by atoms with E-state index >= 15 is 0 Å². The summed E-state index contributed by atoms with van der Waals surface area (Å²) in [5.74, 6) is 1.02. The van der Waals surface area contributed by atoms with Crippen LogP contribution in [0.15, 0.2) is 15.8 Å². The third-order valence-corrected chi connectivity index (χ3v) is 6.24. The number of aromatic amines is 1. The van der Waals surface area contributed by atoms with Crippen molar-refractivity contribution in [3.8, 4) is 22.6 Å². The van der Waals surface area contributed by atoms with Gasteiger partial charge in [-0.15, -0.1) is 0 Å². The Kier molecular flexibility index (Phi) is 7.18. The Bertz CT molecular complexity index is 1210. The summed E-state index contributed by atoms with van der Waals surface area (Å²) in [6.07, 6.45) is -1.99. The average molecular weight is 486 g/mol. The molecular formula is C20H27N2O10P. The lowest BCUT2D eigenvalue weighted by Crippen LogP contribution is -2.33. The zero-order valence-corrected chi connectivity index (χ0v) is 19.7. The molecule has 0 aliphatic carbocycles. The highest BCUT2D eigenvalue weighted by Gasteiger charge is 2.37. The number of nitrogens with zero attached hydrogens (tertiary/aromatic N) is 1. The molecule has 3 unspecified atom stereocenters. The van der Waals surface area contributed by atoms with E-state index in [-0.39, 0.29) is 12.0 Å². The number of aliphatic hydroxyl groups is 1. The van der Waals surface area contributed by atoms with Crippen LogP contribution in [0.5, 0.6) is 11.5 Å². The van der Waals surface area contributed by atoms with E-state index in [1.54, 1.807) is 6.92 Å². The number of aliphatic hydroxyl groups excluding tert-OH is 1. The summed E-state index contributed by atoms with van der Waals surface area (Å²) >= 11 is 0. The largest absolute Gasteiger partial charge is 0.496 e. The summed E-state index contributed by atoms with van der Waals surface area (Å²) in [7, 11) is -1.77. The fraction of sp³-hybridized carbons (Fsp3) is 0.500. The van der Waals surface area contributed by atoms with Crippen molar-refractivity contribution in [2.75, 3.05) is 20.8 Å². The molecule has 0 radical (unpaired) electrons. The lowest BCUT2D eigenvalue weighted by atomic mass is 9.93. The lowest BCUT2D eigenvalue weighted by molar-refractivity contribution is -0.0450. The Balaban J connectivity index is 2.09. The van der Waals surface area contributed by atoms with Gasteiger partial charge in [-0.25, -0.2) is 9.36 Å². The maximum atomic E-state index is 12.8. The van der Waals surface area contributed by atoms with Gasteiger partial charge in [0.1, 0.15) is 23.8 Å². The van der Waals surface area contributed by atoms with Crippen LogP contribution in [0.2, 0.25) is 0 Å². The number of phosphoric acid groups is 1. The fourth-order valence-corrected chi connectivity index (χ4v) is 4.40. The zero-order chi connectivity index (χ0) is 24.7. The number of nitrogens with one attached hydrogen (secondary N) is 1. The number of phosphoric ester groups is 1. The summed E-state index contributed by atoms with van der Waals surface area (Å²) in [6.45, 7) is 4.88. The summed E-state index contributed by atoms with van der Waals surface area (Å²) in [5.41, 5.74) is 1.37. The zero-order valence-electron chi connectivity index (χ0n) is 18.8. The molecule has 0 spiro atoms. The van der Waals surface area contributed by atoms with Crippen LogP contribution in [-0.2, 0) is 13.8 Å². The van der Waals surface area contributed by atoms with Gasteiger partial charge in [0.2, 0.25) is 0 Å². The Morgan fingerprint density at radius 2 is 1.73 bits per heavy atom. The van der Waals surface area contributed by atoms with E-state index in [4.69, 9.17) is 24.0 Å². The second kappa shape index (κ2) is 9.41. The summed E-state index contributed by atoms with van der Waals surface area (Å²) in [4.78, 5) is 45.4. The van der Waals surface area contributed by atoms with Crippen molar-refractivity contribution in [1.82, 2.24) is 9.55 Å². The summed E-state index contributed by atoms with van der Waals surface area (Å²) in [5, 5.41) is 10.2. The predicted octanol–water partition coefficient (Wildman–Crippen LogP) is 0.904. The third-order valence-electron chi connectivity index (χ3n) is 5.75. The Labute approximate surface area is 188 Å². The van der Waals surface area contributed by atoms with E-state index < -0.39 is 44.1 Å². The summed E-state index contributed by atoms with van der Waals surface area (Å²) < 4.78 is 33.2. The van der Waals surface area contributed by atoms with E-state index in [0.717, 1.165) is 15.7 Å². The van der Waals surface area contributed by atoms with Crippen LogP contribution >= 0.6 is 7.82 Å². The van der Waals surface area contributed by atoms with Crippen LogP contribution in [0.4, 0.5) is 0 Å². The molecule has 0 saturated carbocycles. The number of aromatic nitrogens is 2. The molecule has 0 bridgehead atoms. The molecule has 0 amide bonds. The van der Waals surface area contributed by atoms with Crippen molar-refractivity contribution in [3.05, 3.63) is 43.7 Å². The molecule has 12 nitrogen and oxygen atoms in total.